The van der Waals surface area contributed by atoms with Crippen LogP contribution in [0.3, 0.4) is 0 Å². The van der Waals surface area contributed by atoms with E-state index in [0.29, 0.717) is 22.3 Å². The highest BCUT2D eigenvalue weighted by atomic mass is 16.6. The molecular formula is C54H48N2O14. The van der Waals surface area contributed by atoms with Crippen molar-refractivity contribution in [2.24, 2.45) is 0 Å². The van der Waals surface area contributed by atoms with Crippen molar-refractivity contribution in [2.75, 3.05) is 33.5 Å². The first-order chi connectivity index (χ1) is 33.9. The SMILES string of the molecule is COCCOC(=O)c1ccc(C(=O)OCc2ccccc2C(=O)NCc2cccc(CNC(=O)c3ccccc3COC(=O)c3cccc(C(=O)OCCOC(=O)c4ccc(C(C)=O)cc4)c3)c2)cc1. The molecule has 0 aliphatic heterocycles. The van der Waals surface area contributed by atoms with Crippen LogP contribution in [0.2, 0.25) is 0 Å². The van der Waals surface area contributed by atoms with Crippen molar-refractivity contribution < 1.29 is 66.8 Å². The van der Waals surface area contributed by atoms with Gasteiger partial charge in [0.2, 0.25) is 0 Å². The number of Topliss-reactive ketones (excluding diaryl/α,β-unsaturated/α-hetero) is 1. The molecule has 6 rings (SSSR count). The summed E-state index contributed by atoms with van der Waals surface area (Å²) in [5.74, 6) is -4.28. The highest BCUT2D eigenvalue weighted by Gasteiger charge is 2.18. The lowest BCUT2D eigenvalue weighted by Crippen LogP contribution is -2.25. The van der Waals surface area contributed by atoms with E-state index in [2.05, 4.69) is 10.6 Å². The summed E-state index contributed by atoms with van der Waals surface area (Å²) in [4.78, 5) is 101. The number of rotatable bonds is 22. The predicted octanol–water partition coefficient (Wildman–Crippen LogP) is 7.28. The van der Waals surface area contributed by atoms with Crippen LogP contribution in [0, 0.1) is 0 Å². The van der Waals surface area contributed by atoms with Crippen molar-refractivity contribution in [1.82, 2.24) is 10.6 Å². The Kier molecular flexibility index (Phi) is 18.4. The summed E-state index contributed by atoms with van der Waals surface area (Å²) in [7, 11) is 1.50. The molecule has 0 aliphatic carbocycles. The normalized spacial score (nSPS) is 10.5. The maximum absolute atomic E-state index is 13.4. The molecule has 0 radical (unpaired) electrons. The number of benzene rings is 6. The summed E-state index contributed by atoms with van der Waals surface area (Å²) in [6.07, 6.45) is 0. The number of carbonyl (C=O) groups is 8. The number of ketones is 1. The lowest BCUT2D eigenvalue weighted by molar-refractivity contribution is 0.0265. The first-order valence-electron chi connectivity index (χ1n) is 21.9. The van der Waals surface area contributed by atoms with Crippen LogP contribution >= 0.6 is 0 Å². The topological polar surface area (TPSA) is 216 Å². The minimum atomic E-state index is -0.755. The van der Waals surface area contributed by atoms with Gasteiger partial charge in [-0.2, -0.15) is 0 Å². The molecule has 0 saturated heterocycles. The van der Waals surface area contributed by atoms with Crippen LogP contribution in [-0.4, -0.2) is 81.0 Å². The van der Waals surface area contributed by atoms with E-state index >= 15 is 0 Å². The molecule has 2 amide bonds. The van der Waals surface area contributed by atoms with Crippen LogP contribution in [0.15, 0.2) is 146 Å². The Hall–Kier alpha value is -8.76. The Morgan fingerprint density at radius 1 is 0.386 bits per heavy atom. The van der Waals surface area contributed by atoms with Gasteiger partial charge in [-0.3, -0.25) is 14.4 Å². The van der Waals surface area contributed by atoms with E-state index in [9.17, 15) is 38.4 Å². The lowest BCUT2D eigenvalue weighted by Gasteiger charge is -2.13. The second-order valence-corrected chi connectivity index (χ2v) is 15.3. The van der Waals surface area contributed by atoms with E-state index in [1.807, 2.05) is 18.2 Å². The molecule has 0 atom stereocenters. The van der Waals surface area contributed by atoms with Crippen LogP contribution in [0.4, 0.5) is 0 Å². The van der Waals surface area contributed by atoms with Crippen LogP contribution in [-0.2, 0) is 54.7 Å². The van der Waals surface area contributed by atoms with E-state index in [1.165, 1.54) is 86.8 Å². The van der Waals surface area contributed by atoms with Gasteiger partial charge in [0.1, 0.15) is 33.0 Å². The summed E-state index contributed by atoms with van der Waals surface area (Å²) in [6, 6.07) is 38.2. The van der Waals surface area contributed by atoms with Gasteiger partial charge in [-0.25, -0.2) is 24.0 Å². The smallest absolute Gasteiger partial charge is 0.338 e. The molecule has 0 bridgehead atoms. The summed E-state index contributed by atoms with van der Waals surface area (Å²) in [5.41, 5.74) is 4.34. The summed E-state index contributed by atoms with van der Waals surface area (Å²) in [5, 5.41) is 5.79. The third-order valence-corrected chi connectivity index (χ3v) is 10.4. The standard InChI is InChI=1S/C54H48N2O14/c1-35(57)38-17-19-39(20-18-38)51(61)67-27-28-68-53(63)42-13-8-14-43(30-42)54(64)70-34-45-12-4-6-16-47(45)49(59)56-32-37-10-7-9-36(29-37)31-55-48(58)46-15-5-3-11-44(46)33-69-52(62)41-23-21-40(22-24-41)50(60)66-26-25-65-2/h3-24,29-30H,25-28,31-34H2,1-2H3,(H,55,58)(H,56,59). The summed E-state index contributed by atoms with van der Waals surface area (Å²) >= 11 is 0. The van der Waals surface area contributed by atoms with Crippen molar-refractivity contribution in [1.29, 1.82) is 0 Å². The quantitative estimate of drug-likeness (QED) is 0.0296. The molecule has 0 aliphatic rings. The van der Waals surface area contributed by atoms with Gasteiger partial charge < -0.3 is 39.1 Å². The molecule has 358 valence electrons. The highest BCUT2D eigenvalue weighted by Crippen LogP contribution is 2.17. The van der Waals surface area contributed by atoms with Crippen LogP contribution in [0.5, 0.6) is 0 Å². The molecule has 0 heterocycles. The second kappa shape index (κ2) is 25.4. The molecule has 0 unspecified atom stereocenters. The van der Waals surface area contributed by atoms with Crippen molar-refractivity contribution in [2.45, 2.75) is 33.2 Å². The minimum absolute atomic E-state index is 0.0646. The zero-order valence-electron chi connectivity index (χ0n) is 38.2. The lowest BCUT2D eigenvalue weighted by atomic mass is 10.1. The Morgan fingerprint density at radius 3 is 1.20 bits per heavy atom. The van der Waals surface area contributed by atoms with Gasteiger partial charge in [-0.15, -0.1) is 0 Å². The Morgan fingerprint density at radius 2 is 0.757 bits per heavy atom. The second-order valence-electron chi connectivity index (χ2n) is 15.3. The monoisotopic (exact) mass is 948 g/mol. The van der Waals surface area contributed by atoms with Crippen molar-refractivity contribution >= 4 is 47.4 Å². The van der Waals surface area contributed by atoms with Gasteiger partial charge in [0.05, 0.1) is 34.4 Å². The first kappa shape index (κ1) is 50.6. The third kappa shape index (κ3) is 14.6. The van der Waals surface area contributed by atoms with Crippen LogP contribution < -0.4 is 10.6 Å². The number of hydrogen-bond donors (Lipinski definition) is 2. The van der Waals surface area contributed by atoms with Gasteiger partial charge >= 0.3 is 29.8 Å². The average molecular weight is 949 g/mol. The fraction of sp³-hybridized carbons (Fsp3) is 0.185. The van der Waals surface area contributed by atoms with Crippen molar-refractivity contribution in [3.8, 4) is 0 Å². The number of ether oxygens (including phenoxy) is 6. The molecular weight excluding hydrogens is 901 g/mol. The molecule has 16 heteroatoms. The molecule has 6 aromatic rings. The molecule has 6 aromatic carbocycles. The Labute approximate surface area is 402 Å². The van der Waals surface area contributed by atoms with E-state index in [1.54, 1.807) is 54.6 Å². The number of nitrogens with one attached hydrogen (secondary N) is 2. The summed E-state index contributed by atoms with van der Waals surface area (Å²) < 4.78 is 31.4. The highest BCUT2D eigenvalue weighted by molar-refractivity contribution is 5.98. The van der Waals surface area contributed by atoms with Gasteiger partial charge in [-0.05, 0) is 84.8 Å². The van der Waals surface area contributed by atoms with Crippen molar-refractivity contribution in [3.05, 3.63) is 212 Å². The number of carbonyl (C=O) groups excluding carboxylic acids is 8. The molecule has 0 aromatic heterocycles. The fourth-order valence-electron chi connectivity index (χ4n) is 6.69. The average Bonchev–Trinajstić information content (AvgIpc) is 3.39. The van der Waals surface area contributed by atoms with E-state index in [0.717, 1.165) is 11.1 Å². The number of amides is 2. The first-order valence-corrected chi connectivity index (χ1v) is 21.9. The largest absolute Gasteiger partial charge is 0.460 e. The molecule has 2 N–H and O–H groups in total. The number of esters is 5. The molecule has 16 nitrogen and oxygen atoms in total. The predicted molar refractivity (Wildman–Crippen MR) is 252 cm³/mol. The Bertz CT molecular complexity index is 2860. The van der Waals surface area contributed by atoms with Crippen molar-refractivity contribution in [3.63, 3.8) is 0 Å². The van der Waals surface area contributed by atoms with Crippen LogP contribution in [0.1, 0.15) is 112 Å². The fourth-order valence-corrected chi connectivity index (χ4v) is 6.69. The third-order valence-electron chi connectivity index (χ3n) is 10.4. The number of hydrogen-bond acceptors (Lipinski definition) is 14. The van der Waals surface area contributed by atoms with E-state index < -0.39 is 41.7 Å². The summed E-state index contributed by atoms with van der Waals surface area (Å²) in [6.45, 7) is 1.19. The zero-order valence-corrected chi connectivity index (χ0v) is 38.2. The molecule has 0 spiro atoms. The van der Waals surface area contributed by atoms with Gasteiger partial charge in [0.15, 0.2) is 5.78 Å². The van der Waals surface area contributed by atoms with Crippen LogP contribution in [0.25, 0.3) is 0 Å². The van der Waals surface area contributed by atoms with Gasteiger partial charge in [0.25, 0.3) is 11.8 Å². The van der Waals surface area contributed by atoms with Gasteiger partial charge in [0, 0.05) is 48.0 Å². The minimum Gasteiger partial charge on any atom is -0.460 e. The molecule has 70 heavy (non-hydrogen) atoms. The maximum Gasteiger partial charge on any atom is 0.338 e. The molecule has 0 fully saturated rings. The Balaban J connectivity index is 0.946. The number of methoxy groups -OCH3 is 1. The van der Waals surface area contributed by atoms with E-state index in [-0.39, 0.29) is 91.9 Å². The molecule has 0 saturated carbocycles. The maximum atomic E-state index is 13.4. The van der Waals surface area contributed by atoms with E-state index in [4.69, 9.17) is 28.4 Å². The van der Waals surface area contributed by atoms with Gasteiger partial charge in [-0.1, -0.05) is 78.9 Å². The zero-order chi connectivity index (χ0) is 49.8.